The van der Waals surface area contributed by atoms with Crippen molar-refractivity contribution in [2.45, 2.75) is 40.0 Å². The van der Waals surface area contributed by atoms with Crippen molar-refractivity contribution in [1.29, 1.82) is 0 Å². The van der Waals surface area contributed by atoms with Gasteiger partial charge in [-0.2, -0.15) is 0 Å². The number of amides is 2. The highest BCUT2D eigenvalue weighted by Crippen LogP contribution is 2.18. The Bertz CT molecular complexity index is 509. The van der Waals surface area contributed by atoms with Crippen LogP contribution in [0.25, 0.3) is 0 Å². The van der Waals surface area contributed by atoms with Crippen LogP contribution in [0.1, 0.15) is 39.2 Å². The molecule has 1 aliphatic rings. The van der Waals surface area contributed by atoms with Crippen molar-refractivity contribution in [1.82, 2.24) is 4.90 Å². The van der Waals surface area contributed by atoms with E-state index in [-0.39, 0.29) is 11.8 Å². The molecule has 0 unspecified atom stereocenters. The monoisotopic (exact) mass is 288 g/mol. The van der Waals surface area contributed by atoms with E-state index in [9.17, 15) is 9.59 Å². The second-order valence-electron chi connectivity index (χ2n) is 6.67. The molecule has 1 aromatic rings. The number of anilines is 1. The van der Waals surface area contributed by atoms with Gasteiger partial charge in [0, 0.05) is 24.2 Å². The minimum atomic E-state index is -0.412. The number of likely N-dealkylation sites (tertiary alicyclic amines) is 1. The van der Waals surface area contributed by atoms with E-state index in [0.29, 0.717) is 6.42 Å². The van der Waals surface area contributed by atoms with Crippen molar-refractivity contribution in [3.63, 3.8) is 0 Å². The summed E-state index contributed by atoms with van der Waals surface area (Å²) in [5, 5.41) is 2.88. The Morgan fingerprint density at radius 2 is 1.67 bits per heavy atom. The van der Waals surface area contributed by atoms with Crippen LogP contribution in [0.3, 0.4) is 0 Å². The average molecular weight is 288 g/mol. The molecule has 0 atom stereocenters. The van der Waals surface area contributed by atoms with Gasteiger partial charge in [0.2, 0.25) is 11.8 Å². The molecular formula is C17H24N2O2. The Morgan fingerprint density at radius 3 is 2.19 bits per heavy atom. The fraction of sp³-hybridized carbons (Fsp3) is 0.529. The fourth-order valence-electron chi connectivity index (χ4n) is 2.28. The molecule has 0 spiro atoms. The topological polar surface area (TPSA) is 49.4 Å². The standard InChI is InChI=1S/C17H24N2O2/c1-17(2,3)16(21)18-14-8-6-13(7-9-14)12-15(20)19-10-4-5-11-19/h6-9H,4-5,10-12H2,1-3H3,(H,18,21). The molecule has 1 aromatic carbocycles. The number of nitrogens with zero attached hydrogens (tertiary/aromatic N) is 1. The van der Waals surface area contributed by atoms with E-state index in [1.165, 1.54) is 0 Å². The molecule has 1 aliphatic heterocycles. The maximum atomic E-state index is 12.1. The van der Waals surface area contributed by atoms with Crippen LogP contribution in [0.15, 0.2) is 24.3 Å². The second-order valence-corrected chi connectivity index (χ2v) is 6.67. The molecule has 2 rings (SSSR count). The third-order valence-corrected chi connectivity index (χ3v) is 3.71. The summed E-state index contributed by atoms with van der Waals surface area (Å²) in [5.41, 5.74) is 1.35. The van der Waals surface area contributed by atoms with Gasteiger partial charge in [-0.1, -0.05) is 32.9 Å². The van der Waals surface area contributed by atoms with Crippen molar-refractivity contribution >= 4 is 17.5 Å². The third-order valence-electron chi connectivity index (χ3n) is 3.71. The summed E-state index contributed by atoms with van der Waals surface area (Å²) in [6.45, 7) is 7.42. The highest BCUT2D eigenvalue weighted by molar-refractivity contribution is 5.94. The zero-order chi connectivity index (χ0) is 15.5. The molecule has 0 bridgehead atoms. The Kier molecular flexibility index (Phi) is 4.66. The summed E-state index contributed by atoms with van der Waals surface area (Å²) in [4.78, 5) is 25.9. The van der Waals surface area contributed by atoms with Gasteiger partial charge in [0.05, 0.1) is 6.42 Å². The first-order valence-electron chi connectivity index (χ1n) is 7.54. The summed E-state index contributed by atoms with van der Waals surface area (Å²) < 4.78 is 0. The highest BCUT2D eigenvalue weighted by Gasteiger charge is 2.21. The van der Waals surface area contributed by atoms with Crippen molar-refractivity contribution in [3.05, 3.63) is 29.8 Å². The van der Waals surface area contributed by atoms with Crippen LogP contribution in [-0.2, 0) is 16.0 Å². The number of carbonyl (C=O) groups is 2. The molecule has 0 saturated carbocycles. The van der Waals surface area contributed by atoms with Gasteiger partial charge in [-0.05, 0) is 30.5 Å². The van der Waals surface area contributed by atoms with Crippen molar-refractivity contribution in [3.8, 4) is 0 Å². The Balaban J connectivity index is 1.92. The van der Waals surface area contributed by atoms with Gasteiger partial charge in [-0.25, -0.2) is 0 Å². The van der Waals surface area contributed by atoms with Gasteiger partial charge in [0.25, 0.3) is 0 Å². The quantitative estimate of drug-likeness (QED) is 0.929. The van der Waals surface area contributed by atoms with Gasteiger partial charge in [-0.3, -0.25) is 9.59 Å². The van der Waals surface area contributed by atoms with Crippen LogP contribution < -0.4 is 5.32 Å². The molecule has 1 fully saturated rings. The number of hydrogen-bond acceptors (Lipinski definition) is 2. The van der Waals surface area contributed by atoms with E-state index in [2.05, 4.69) is 5.32 Å². The second kappa shape index (κ2) is 6.29. The minimum Gasteiger partial charge on any atom is -0.342 e. The van der Waals surface area contributed by atoms with Crippen LogP contribution in [0.2, 0.25) is 0 Å². The smallest absolute Gasteiger partial charge is 0.229 e. The molecule has 4 heteroatoms. The largest absolute Gasteiger partial charge is 0.342 e. The molecule has 0 radical (unpaired) electrons. The van der Waals surface area contributed by atoms with E-state index < -0.39 is 5.41 Å². The zero-order valence-electron chi connectivity index (χ0n) is 13.1. The lowest BCUT2D eigenvalue weighted by Crippen LogP contribution is -2.29. The number of nitrogens with one attached hydrogen (secondary N) is 1. The minimum absolute atomic E-state index is 0.0107. The molecular weight excluding hydrogens is 264 g/mol. The van der Waals surface area contributed by atoms with Crippen LogP contribution in [0, 0.1) is 5.41 Å². The SMILES string of the molecule is CC(C)(C)C(=O)Nc1ccc(CC(=O)N2CCCC2)cc1. The maximum Gasteiger partial charge on any atom is 0.229 e. The number of hydrogen-bond donors (Lipinski definition) is 1. The Labute approximate surface area is 126 Å². The molecule has 21 heavy (non-hydrogen) atoms. The molecule has 2 amide bonds. The summed E-state index contributed by atoms with van der Waals surface area (Å²) in [5.74, 6) is 0.183. The lowest BCUT2D eigenvalue weighted by atomic mass is 9.95. The molecule has 1 heterocycles. The van der Waals surface area contributed by atoms with E-state index in [1.54, 1.807) is 0 Å². The lowest BCUT2D eigenvalue weighted by molar-refractivity contribution is -0.129. The predicted octanol–water partition coefficient (Wildman–Crippen LogP) is 2.84. The van der Waals surface area contributed by atoms with Gasteiger partial charge in [-0.15, -0.1) is 0 Å². The van der Waals surface area contributed by atoms with E-state index in [0.717, 1.165) is 37.2 Å². The molecule has 1 saturated heterocycles. The Hall–Kier alpha value is -1.84. The summed E-state index contributed by atoms with van der Waals surface area (Å²) >= 11 is 0. The van der Waals surface area contributed by atoms with Crippen LogP contribution in [-0.4, -0.2) is 29.8 Å². The van der Waals surface area contributed by atoms with Crippen molar-refractivity contribution in [2.24, 2.45) is 5.41 Å². The molecule has 114 valence electrons. The number of carbonyl (C=O) groups excluding carboxylic acids is 2. The van der Waals surface area contributed by atoms with Crippen LogP contribution >= 0.6 is 0 Å². The number of benzene rings is 1. The zero-order valence-corrected chi connectivity index (χ0v) is 13.1. The predicted molar refractivity (Wildman–Crippen MR) is 84.0 cm³/mol. The van der Waals surface area contributed by atoms with Crippen molar-refractivity contribution < 1.29 is 9.59 Å². The molecule has 0 aromatic heterocycles. The van der Waals surface area contributed by atoms with E-state index in [4.69, 9.17) is 0 Å². The van der Waals surface area contributed by atoms with Gasteiger partial charge < -0.3 is 10.2 Å². The Morgan fingerprint density at radius 1 is 1.10 bits per heavy atom. The van der Waals surface area contributed by atoms with Gasteiger partial charge >= 0.3 is 0 Å². The fourth-order valence-corrected chi connectivity index (χ4v) is 2.28. The maximum absolute atomic E-state index is 12.1. The summed E-state index contributed by atoms with van der Waals surface area (Å²) in [6, 6.07) is 7.53. The first-order valence-corrected chi connectivity index (χ1v) is 7.54. The van der Waals surface area contributed by atoms with E-state index >= 15 is 0 Å². The molecule has 4 nitrogen and oxygen atoms in total. The summed E-state index contributed by atoms with van der Waals surface area (Å²) in [7, 11) is 0. The molecule has 0 aliphatic carbocycles. The van der Waals surface area contributed by atoms with Gasteiger partial charge in [0.1, 0.15) is 0 Å². The van der Waals surface area contributed by atoms with E-state index in [1.807, 2.05) is 49.9 Å². The van der Waals surface area contributed by atoms with Crippen LogP contribution in [0.4, 0.5) is 5.69 Å². The summed E-state index contributed by atoms with van der Waals surface area (Å²) in [6.07, 6.45) is 2.67. The first kappa shape index (κ1) is 15.5. The van der Waals surface area contributed by atoms with Crippen LogP contribution in [0.5, 0.6) is 0 Å². The van der Waals surface area contributed by atoms with Gasteiger partial charge in [0.15, 0.2) is 0 Å². The average Bonchev–Trinajstić information content (AvgIpc) is 2.94. The highest BCUT2D eigenvalue weighted by atomic mass is 16.2. The lowest BCUT2D eigenvalue weighted by Gasteiger charge is -2.18. The number of rotatable bonds is 3. The third kappa shape index (κ3) is 4.31. The molecule has 1 N–H and O–H groups in total. The normalized spacial score (nSPS) is 15.1. The van der Waals surface area contributed by atoms with Crippen molar-refractivity contribution in [2.75, 3.05) is 18.4 Å². The first-order chi connectivity index (χ1) is 9.86.